The van der Waals surface area contributed by atoms with Gasteiger partial charge in [0.15, 0.2) is 0 Å². The van der Waals surface area contributed by atoms with Crippen molar-refractivity contribution in [2.75, 3.05) is 133 Å². The molecule has 612 valence electrons. The molecule has 0 bridgehead atoms. The van der Waals surface area contributed by atoms with E-state index >= 15 is 0 Å². The third kappa shape index (κ3) is 23.6. The van der Waals surface area contributed by atoms with Crippen molar-refractivity contribution in [1.29, 1.82) is 0 Å². The highest BCUT2D eigenvalue weighted by atomic mass is 35.5. The third-order valence-electron chi connectivity index (χ3n) is 18.2. The molecule has 30 nitrogen and oxygen atoms in total. The average molecular weight is 1800 g/mol. The number of piperazine rings is 2. The number of non-ortho nitro benzene ring substituents is 4. The molecular formula is C72H78Cl6N12O18S6. The summed E-state index contributed by atoms with van der Waals surface area (Å²) in [4.78, 5) is 51.8. The van der Waals surface area contributed by atoms with Crippen molar-refractivity contribution in [3.63, 3.8) is 0 Å². The Morgan fingerprint density at radius 1 is 0.316 bits per heavy atom. The number of nitrogens with zero attached hydrogens (tertiary/aromatic N) is 12. The molecule has 0 unspecified atom stereocenters. The van der Waals surface area contributed by atoms with Gasteiger partial charge < -0.3 is 29.1 Å². The molecule has 4 heterocycles. The number of hydrogen-bond acceptors (Lipinski definition) is 24. The maximum absolute atomic E-state index is 13.4. The molecule has 114 heavy (non-hydrogen) atoms. The van der Waals surface area contributed by atoms with Crippen LogP contribution in [0.2, 0.25) is 30.1 Å². The molecule has 42 heteroatoms. The molecule has 0 saturated carbocycles. The van der Waals surface area contributed by atoms with E-state index in [9.17, 15) is 74.1 Å². The minimum absolute atomic E-state index is 0.0614. The van der Waals surface area contributed by atoms with Gasteiger partial charge in [-0.25, -0.2) is 33.7 Å². The zero-order valence-electron chi connectivity index (χ0n) is 62.0. The molecule has 4 saturated heterocycles. The van der Waals surface area contributed by atoms with Crippen molar-refractivity contribution in [3.8, 4) is 23.0 Å². The summed E-state index contributed by atoms with van der Waals surface area (Å²) >= 11 is 38.8. The summed E-state index contributed by atoms with van der Waals surface area (Å²) in [6, 6.07) is 34.7. The number of halogens is 6. The zero-order valence-corrected chi connectivity index (χ0v) is 71.5. The lowest BCUT2D eigenvalue weighted by molar-refractivity contribution is -0.385. The molecule has 0 N–H and O–H groups in total. The molecule has 4 aliphatic heterocycles. The predicted molar refractivity (Wildman–Crippen MR) is 440 cm³/mol. The Kier molecular flexibility index (Phi) is 31.8. The summed E-state index contributed by atoms with van der Waals surface area (Å²) in [5.41, 5.74) is 0.605. The normalized spacial score (nSPS) is 16.3. The van der Waals surface area contributed by atoms with Gasteiger partial charge in [-0.15, -0.1) is 0 Å². The standard InChI is InChI=1S/C20H25N3O5S.C18H19Cl2N3O4S2.C17H17Cl2N3O5S.C17H17Cl2N3O4S2/c1-15-5-6-16(2)19(13-15)28-18-8-7-17(23(24)25)14-20(18)29(26,27)22-10-4-9-21(3)11-12-22;1-21-7-2-8-22(10-9-21)29(26,27)18-12-14(23(24)25)4-6-16(18)28-17-11-13(19)3-5-15(17)20;2*1-20-6-8-21(9-7-20)28(25,26)17-11-13(22(23)24)3-5-15(17)27-16-10-12(18)2-4-14(16)19/h5-8,13-14H,4,9-12H2,1-3H3;3-6,11-12H,2,7-10H2,1H3;2*2-5,10-11H,6-9H2,1H3. The van der Waals surface area contributed by atoms with Crippen LogP contribution in [0.5, 0.6) is 23.0 Å². The second kappa shape index (κ2) is 39.9. The average Bonchev–Trinajstić information content (AvgIpc) is 0.928. The van der Waals surface area contributed by atoms with E-state index in [0.717, 1.165) is 72.0 Å². The lowest BCUT2D eigenvalue weighted by Crippen LogP contribution is -2.47. The molecule has 0 atom stereocenters. The Labute approximate surface area is 699 Å². The van der Waals surface area contributed by atoms with E-state index in [0.29, 0.717) is 142 Å². The van der Waals surface area contributed by atoms with Crippen LogP contribution in [0.25, 0.3) is 0 Å². The molecule has 4 aliphatic rings. The van der Waals surface area contributed by atoms with Gasteiger partial charge in [0.05, 0.1) is 34.8 Å². The first kappa shape index (κ1) is 90.8. The molecule has 12 rings (SSSR count). The van der Waals surface area contributed by atoms with E-state index in [1.807, 2.05) is 70.0 Å². The van der Waals surface area contributed by atoms with Crippen LogP contribution >= 0.6 is 93.1 Å². The molecule has 0 spiro atoms. The first-order valence-electron chi connectivity index (χ1n) is 34.8. The highest BCUT2D eigenvalue weighted by Crippen LogP contribution is 2.44. The fraction of sp³-hybridized carbons (Fsp3) is 0.333. The minimum atomic E-state index is -4.01. The Hall–Kier alpha value is -7.12. The minimum Gasteiger partial charge on any atom is -0.456 e. The van der Waals surface area contributed by atoms with E-state index in [4.69, 9.17) is 79.1 Å². The summed E-state index contributed by atoms with van der Waals surface area (Å²) in [6.07, 6.45) is 1.38. The van der Waals surface area contributed by atoms with Crippen LogP contribution in [0.1, 0.15) is 24.0 Å². The summed E-state index contributed by atoms with van der Waals surface area (Å²) in [7, 11) is -8.13. The van der Waals surface area contributed by atoms with Crippen LogP contribution in [0.3, 0.4) is 0 Å². The highest BCUT2D eigenvalue weighted by molar-refractivity contribution is 8.00. The molecule has 4 fully saturated rings. The van der Waals surface area contributed by atoms with Crippen LogP contribution < -0.4 is 9.47 Å². The molecule has 0 radical (unpaired) electrons. The van der Waals surface area contributed by atoms with Crippen LogP contribution in [-0.2, 0) is 40.1 Å². The van der Waals surface area contributed by atoms with Crippen molar-refractivity contribution < 1.29 is 62.8 Å². The van der Waals surface area contributed by atoms with Crippen molar-refractivity contribution in [2.24, 2.45) is 0 Å². The first-order valence-corrected chi connectivity index (χ1v) is 44.4. The second-order valence-electron chi connectivity index (χ2n) is 26.5. The number of rotatable bonds is 20. The van der Waals surface area contributed by atoms with E-state index in [1.165, 1.54) is 77.9 Å². The van der Waals surface area contributed by atoms with Crippen LogP contribution in [0, 0.1) is 54.3 Å². The molecule has 8 aromatic rings. The maximum atomic E-state index is 13.4. The van der Waals surface area contributed by atoms with Gasteiger partial charge >= 0.3 is 0 Å². The SMILES string of the molecule is CN1CCCN(S(=O)(=O)c2cc([N+](=O)[O-])ccc2Sc2cc(Cl)ccc2Cl)CC1.CN1CCN(S(=O)(=O)c2cc([N+](=O)[O-])ccc2Oc2cc(Cl)ccc2Cl)CC1.CN1CCN(S(=O)(=O)c2cc([N+](=O)[O-])ccc2Sc2cc(Cl)ccc2Cl)CC1.Cc1ccc(C)c(Oc2ccc([N+](=O)[O-])cc2S(=O)(=O)N2CCCN(C)CC2)c1. The van der Waals surface area contributed by atoms with Gasteiger partial charge in [-0.3, -0.25) is 40.5 Å². The topological polar surface area (TPSA) is 354 Å². The Morgan fingerprint density at radius 3 is 0.991 bits per heavy atom. The zero-order chi connectivity index (χ0) is 83.3. The monoisotopic (exact) mass is 1800 g/mol. The van der Waals surface area contributed by atoms with Crippen molar-refractivity contribution in [3.05, 3.63) is 227 Å². The number of likely N-dealkylation sites (N-methyl/N-ethyl adjacent to an activating group) is 4. The largest absolute Gasteiger partial charge is 0.456 e. The number of nitro benzene ring substituents is 4. The van der Waals surface area contributed by atoms with Gasteiger partial charge in [0, 0.05) is 181 Å². The Morgan fingerprint density at radius 2 is 0.623 bits per heavy atom. The number of aryl methyl sites for hydroxylation is 2. The highest BCUT2D eigenvalue weighted by Gasteiger charge is 2.37. The van der Waals surface area contributed by atoms with E-state index in [1.54, 1.807) is 42.5 Å². The van der Waals surface area contributed by atoms with Gasteiger partial charge in [-0.05, 0) is 158 Å². The Bertz CT molecular complexity index is 5060. The molecule has 0 aromatic heterocycles. The fourth-order valence-electron chi connectivity index (χ4n) is 11.7. The number of hydrogen-bond donors (Lipinski definition) is 0. The van der Waals surface area contributed by atoms with E-state index in [-0.39, 0.29) is 77.7 Å². The van der Waals surface area contributed by atoms with Gasteiger partial charge in [0.2, 0.25) is 40.1 Å². The van der Waals surface area contributed by atoms with E-state index < -0.39 is 59.8 Å². The molecule has 8 aromatic carbocycles. The molecule has 0 amide bonds. The van der Waals surface area contributed by atoms with Crippen molar-refractivity contribution >= 4 is 156 Å². The maximum Gasteiger partial charge on any atom is 0.271 e. The lowest BCUT2D eigenvalue weighted by Gasteiger charge is -2.31. The van der Waals surface area contributed by atoms with E-state index in [2.05, 4.69) is 9.80 Å². The van der Waals surface area contributed by atoms with Crippen LogP contribution in [0.15, 0.2) is 185 Å². The number of sulfonamides is 4. The van der Waals surface area contributed by atoms with Gasteiger partial charge in [0.1, 0.15) is 42.6 Å². The fourth-order valence-corrected chi connectivity index (χ4v) is 21.8. The first-order chi connectivity index (χ1) is 53.7. The van der Waals surface area contributed by atoms with Gasteiger partial charge in [-0.1, -0.05) is 105 Å². The van der Waals surface area contributed by atoms with Gasteiger partial charge in [0.25, 0.3) is 22.7 Å². The predicted octanol–water partition coefficient (Wildman–Crippen LogP) is 15.3. The van der Waals surface area contributed by atoms with Crippen LogP contribution in [-0.4, -0.2) is 223 Å². The number of nitro groups is 4. The summed E-state index contributed by atoms with van der Waals surface area (Å²) in [5.74, 6) is 0.694. The third-order valence-corrected chi connectivity index (χ3v) is 30.4. The lowest BCUT2D eigenvalue weighted by atomic mass is 10.1. The summed E-state index contributed by atoms with van der Waals surface area (Å²) in [6.45, 7) is 11.4. The van der Waals surface area contributed by atoms with Crippen LogP contribution in [0.4, 0.5) is 22.7 Å². The summed E-state index contributed by atoms with van der Waals surface area (Å²) < 4.78 is 123. The van der Waals surface area contributed by atoms with Gasteiger partial charge in [-0.2, -0.15) is 17.2 Å². The quantitative estimate of drug-likeness (QED) is 0.0505. The summed E-state index contributed by atoms with van der Waals surface area (Å²) in [5, 5.41) is 47.3. The Balaban J connectivity index is 0.000000174. The smallest absolute Gasteiger partial charge is 0.271 e. The second-order valence-corrected chi connectivity index (χ2v) is 38.8. The number of ether oxygens (including phenoxy) is 2. The molecule has 0 aliphatic carbocycles. The van der Waals surface area contributed by atoms with Crippen molar-refractivity contribution in [2.45, 2.75) is 65.9 Å². The number of benzene rings is 8. The molecular weight excluding hydrogens is 1730 g/mol. The van der Waals surface area contributed by atoms with Crippen molar-refractivity contribution in [1.82, 2.24) is 36.8 Å².